The van der Waals surface area contributed by atoms with Gasteiger partial charge in [-0.2, -0.15) is 5.26 Å². The van der Waals surface area contributed by atoms with E-state index in [0.29, 0.717) is 17.2 Å². The second kappa shape index (κ2) is 5.57. The minimum atomic E-state index is 0.633. The van der Waals surface area contributed by atoms with Gasteiger partial charge in [0.05, 0.1) is 11.3 Å². The van der Waals surface area contributed by atoms with Crippen molar-refractivity contribution in [3.63, 3.8) is 0 Å². The number of hydrogen-bond acceptors (Lipinski definition) is 5. The Morgan fingerprint density at radius 3 is 2.45 bits per heavy atom. The van der Waals surface area contributed by atoms with Crippen molar-refractivity contribution < 1.29 is 0 Å². The summed E-state index contributed by atoms with van der Waals surface area (Å²) in [6.45, 7) is 5.70. The Labute approximate surface area is 118 Å². The van der Waals surface area contributed by atoms with Crippen LogP contribution in [-0.4, -0.2) is 17.0 Å². The first-order valence-electron chi connectivity index (χ1n) is 6.36. The lowest BCUT2D eigenvalue weighted by molar-refractivity contribution is 1.03. The summed E-state index contributed by atoms with van der Waals surface area (Å²) in [7, 11) is 1.83. The molecule has 0 amide bonds. The fraction of sp³-hybridized carbons (Fsp3) is 0.267. The standard InChI is InChI=1S/C15H17N5/c1-9-6-5-7-13(12(9)8-16)20-15-10(2)14(17-4)18-11(3)19-15/h5-7H,1-4H3,(H2,17,18,19,20). The number of rotatable bonds is 3. The molecule has 0 saturated carbocycles. The molecule has 0 bridgehead atoms. The monoisotopic (exact) mass is 267 g/mol. The zero-order valence-electron chi connectivity index (χ0n) is 12.1. The molecular formula is C15H17N5. The van der Waals surface area contributed by atoms with Gasteiger partial charge in [-0.25, -0.2) is 9.97 Å². The first-order valence-corrected chi connectivity index (χ1v) is 6.36. The molecule has 0 unspecified atom stereocenters. The van der Waals surface area contributed by atoms with Gasteiger partial charge < -0.3 is 10.6 Å². The lowest BCUT2D eigenvalue weighted by atomic mass is 10.1. The molecule has 2 N–H and O–H groups in total. The van der Waals surface area contributed by atoms with Gasteiger partial charge in [0.2, 0.25) is 0 Å². The maximum Gasteiger partial charge on any atom is 0.139 e. The fourth-order valence-corrected chi connectivity index (χ4v) is 2.04. The average molecular weight is 267 g/mol. The Morgan fingerprint density at radius 2 is 1.80 bits per heavy atom. The molecule has 2 aromatic rings. The van der Waals surface area contributed by atoms with Crippen LogP contribution >= 0.6 is 0 Å². The molecule has 5 nitrogen and oxygen atoms in total. The molecule has 1 aromatic heterocycles. The summed E-state index contributed by atoms with van der Waals surface area (Å²) in [5.74, 6) is 2.17. The van der Waals surface area contributed by atoms with Gasteiger partial charge >= 0.3 is 0 Å². The second-order valence-corrected chi connectivity index (χ2v) is 4.58. The van der Waals surface area contributed by atoms with E-state index in [-0.39, 0.29) is 0 Å². The van der Waals surface area contributed by atoms with Crippen LogP contribution in [0.25, 0.3) is 0 Å². The lowest BCUT2D eigenvalue weighted by Crippen LogP contribution is -2.06. The summed E-state index contributed by atoms with van der Waals surface area (Å²) in [5.41, 5.74) is 3.25. The Hall–Kier alpha value is -2.61. The van der Waals surface area contributed by atoms with Crippen LogP contribution < -0.4 is 10.6 Å². The highest BCUT2D eigenvalue weighted by Gasteiger charge is 2.11. The van der Waals surface area contributed by atoms with Crippen molar-refractivity contribution in [3.8, 4) is 6.07 Å². The van der Waals surface area contributed by atoms with E-state index in [2.05, 4.69) is 26.7 Å². The van der Waals surface area contributed by atoms with Crippen molar-refractivity contribution in [3.05, 3.63) is 40.7 Å². The van der Waals surface area contributed by atoms with Gasteiger partial charge in [0, 0.05) is 12.6 Å². The number of nitriles is 1. The van der Waals surface area contributed by atoms with Crippen LogP contribution in [0.1, 0.15) is 22.5 Å². The molecule has 0 fully saturated rings. The largest absolute Gasteiger partial charge is 0.373 e. The number of nitrogens with one attached hydrogen (secondary N) is 2. The molecule has 0 atom stereocenters. The average Bonchev–Trinajstić information content (AvgIpc) is 2.42. The van der Waals surface area contributed by atoms with Crippen LogP contribution in [0.3, 0.4) is 0 Å². The van der Waals surface area contributed by atoms with Crippen molar-refractivity contribution in [2.45, 2.75) is 20.8 Å². The highest BCUT2D eigenvalue weighted by molar-refractivity contribution is 5.70. The molecule has 0 spiro atoms. The zero-order chi connectivity index (χ0) is 14.7. The molecule has 1 aromatic carbocycles. The molecule has 5 heteroatoms. The number of anilines is 3. The summed E-state index contributed by atoms with van der Waals surface area (Å²) in [4.78, 5) is 8.74. The lowest BCUT2D eigenvalue weighted by Gasteiger charge is -2.14. The maximum atomic E-state index is 9.27. The normalized spacial score (nSPS) is 9.95. The predicted octanol–water partition coefficient (Wildman–Crippen LogP) is 3.06. The topological polar surface area (TPSA) is 73.6 Å². The van der Waals surface area contributed by atoms with E-state index < -0.39 is 0 Å². The number of aryl methyl sites for hydroxylation is 2. The molecule has 0 aliphatic rings. The quantitative estimate of drug-likeness (QED) is 0.894. The first-order chi connectivity index (χ1) is 9.56. The van der Waals surface area contributed by atoms with Crippen LogP contribution in [0.4, 0.5) is 17.3 Å². The molecule has 0 radical (unpaired) electrons. The van der Waals surface area contributed by atoms with Crippen molar-refractivity contribution in [1.82, 2.24) is 9.97 Å². The molecule has 20 heavy (non-hydrogen) atoms. The molecular weight excluding hydrogens is 250 g/mol. The van der Waals surface area contributed by atoms with Crippen LogP contribution in [0, 0.1) is 32.1 Å². The van der Waals surface area contributed by atoms with Crippen molar-refractivity contribution >= 4 is 17.3 Å². The van der Waals surface area contributed by atoms with Gasteiger partial charge in [0.1, 0.15) is 23.5 Å². The Bertz CT molecular complexity index is 685. The van der Waals surface area contributed by atoms with E-state index >= 15 is 0 Å². The third-order valence-electron chi connectivity index (χ3n) is 3.13. The van der Waals surface area contributed by atoms with Crippen LogP contribution in [-0.2, 0) is 0 Å². The van der Waals surface area contributed by atoms with E-state index in [1.54, 1.807) is 0 Å². The van der Waals surface area contributed by atoms with Crippen molar-refractivity contribution in [1.29, 1.82) is 5.26 Å². The molecule has 102 valence electrons. The number of aromatic nitrogens is 2. The zero-order valence-corrected chi connectivity index (χ0v) is 12.1. The predicted molar refractivity (Wildman–Crippen MR) is 80.2 cm³/mol. The summed E-state index contributed by atoms with van der Waals surface area (Å²) in [6, 6.07) is 7.94. The van der Waals surface area contributed by atoms with Gasteiger partial charge in [-0.3, -0.25) is 0 Å². The Balaban J connectivity index is 2.48. The summed E-state index contributed by atoms with van der Waals surface area (Å²) >= 11 is 0. The van der Waals surface area contributed by atoms with Gasteiger partial charge in [0.15, 0.2) is 0 Å². The number of nitrogens with zero attached hydrogens (tertiary/aromatic N) is 3. The van der Waals surface area contributed by atoms with Crippen LogP contribution in [0.15, 0.2) is 18.2 Å². The smallest absolute Gasteiger partial charge is 0.139 e. The molecule has 0 aliphatic carbocycles. The second-order valence-electron chi connectivity index (χ2n) is 4.58. The van der Waals surface area contributed by atoms with Gasteiger partial charge in [-0.1, -0.05) is 12.1 Å². The van der Waals surface area contributed by atoms with Gasteiger partial charge in [-0.15, -0.1) is 0 Å². The Kier molecular flexibility index (Phi) is 3.85. The molecule has 1 heterocycles. The van der Waals surface area contributed by atoms with Crippen LogP contribution in [0.2, 0.25) is 0 Å². The molecule has 0 aliphatic heterocycles. The summed E-state index contributed by atoms with van der Waals surface area (Å²) in [6.07, 6.45) is 0. The van der Waals surface area contributed by atoms with E-state index in [4.69, 9.17) is 0 Å². The highest BCUT2D eigenvalue weighted by atomic mass is 15.1. The minimum Gasteiger partial charge on any atom is -0.373 e. The number of hydrogen-bond donors (Lipinski definition) is 2. The maximum absolute atomic E-state index is 9.27. The first kappa shape index (κ1) is 13.8. The van der Waals surface area contributed by atoms with Crippen molar-refractivity contribution in [2.24, 2.45) is 0 Å². The Morgan fingerprint density at radius 1 is 1.10 bits per heavy atom. The third-order valence-corrected chi connectivity index (χ3v) is 3.13. The molecule has 2 rings (SSSR count). The van der Waals surface area contributed by atoms with Gasteiger partial charge in [0.25, 0.3) is 0 Å². The highest BCUT2D eigenvalue weighted by Crippen LogP contribution is 2.26. The van der Waals surface area contributed by atoms with Crippen molar-refractivity contribution in [2.75, 3.05) is 17.7 Å². The van der Waals surface area contributed by atoms with Crippen LogP contribution in [0.5, 0.6) is 0 Å². The van der Waals surface area contributed by atoms with E-state index in [0.717, 1.165) is 22.6 Å². The number of benzene rings is 1. The summed E-state index contributed by atoms with van der Waals surface area (Å²) in [5, 5.41) is 15.5. The van der Waals surface area contributed by atoms with E-state index in [9.17, 15) is 5.26 Å². The molecule has 0 saturated heterocycles. The van der Waals surface area contributed by atoms with E-state index in [1.165, 1.54) is 0 Å². The van der Waals surface area contributed by atoms with Gasteiger partial charge in [-0.05, 0) is 32.4 Å². The SMILES string of the molecule is CNc1nc(C)nc(Nc2cccc(C)c2C#N)c1C. The third kappa shape index (κ3) is 2.54. The summed E-state index contributed by atoms with van der Waals surface area (Å²) < 4.78 is 0. The minimum absolute atomic E-state index is 0.633. The fourth-order valence-electron chi connectivity index (χ4n) is 2.04. The van der Waals surface area contributed by atoms with E-state index in [1.807, 2.05) is 46.0 Å².